The number of unbranched alkanes of at least 4 members (excludes halogenated alkanes) is 11. The average Bonchev–Trinajstić information content (AvgIpc) is 2.83. The summed E-state index contributed by atoms with van der Waals surface area (Å²) in [5.74, 6) is -1.68. The van der Waals surface area contributed by atoms with Crippen molar-refractivity contribution < 1.29 is 19.8 Å². The molecule has 0 aromatic heterocycles. The van der Waals surface area contributed by atoms with E-state index in [9.17, 15) is 19.8 Å². The second-order valence-electron chi connectivity index (χ2n) is 9.70. The summed E-state index contributed by atoms with van der Waals surface area (Å²) >= 11 is 0. The van der Waals surface area contributed by atoms with Crippen LogP contribution in [0.3, 0.4) is 0 Å². The zero-order valence-electron chi connectivity index (χ0n) is 22.5. The largest absolute Gasteiger partial charge is 0.380 e. The number of aliphatic hydroxyl groups excluding tert-OH is 2. The van der Waals surface area contributed by atoms with E-state index in [0.29, 0.717) is 13.1 Å². The van der Waals surface area contributed by atoms with Gasteiger partial charge >= 0.3 is 0 Å². The normalized spacial score (nSPS) is 13.2. The maximum atomic E-state index is 12.8. The summed E-state index contributed by atoms with van der Waals surface area (Å²) in [4.78, 5) is 28.1. The number of amides is 2. The van der Waals surface area contributed by atoms with E-state index in [1.165, 1.54) is 44.9 Å². The molecule has 4 N–H and O–H groups in total. The molecule has 2 unspecified atom stereocenters. The van der Waals surface area contributed by atoms with E-state index in [4.69, 9.17) is 5.73 Å². The first-order valence-electron chi connectivity index (χ1n) is 14.1. The Labute approximate surface area is 209 Å². The summed E-state index contributed by atoms with van der Waals surface area (Å²) in [5.41, 5.74) is 5.09. The van der Waals surface area contributed by atoms with Gasteiger partial charge in [0.1, 0.15) is 0 Å². The second kappa shape index (κ2) is 22.3. The highest BCUT2D eigenvalue weighted by atomic mass is 16.3. The molecule has 0 aromatic carbocycles. The number of hydrogen-bond acceptors (Lipinski definition) is 5. The van der Waals surface area contributed by atoms with Gasteiger partial charge in [-0.2, -0.15) is 0 Å². The molecule has 0 heterocycles. The topological polar surface area (TPSA) is 107 Å². The van der Waals surface area contributed by atoms with Crippen molar-refractivity contribution in [3.05, 3.63) is 0 Å². The summed E-state index contributed by atoms with van der Waals surface area (Å²) in [6.45, 7) is 10.7. The fourth-order valence-electron chi connectivity index (χ4n) is 4.18. The Balaban J connectivity index is 4.60. The lowest BCUT2D eigenvalue weighted by Crippen LogP contribution is -2.50. The van der Waals surface area contributed by atoms with Crippen LogP contribution >= 0.6 is 0 Å². The van der Waals surface area contributed by atoms with Crippen LogP contribution in [0.4, 0.5) is 0 Å². The molecule has 2 atom stereocenters. The molecule has 34 heavy (non-hydrogen) atoms. The predicted molar refractivity (Wildman–Crippen MR) is 141 cm³/mol. The van der Waals surface area contributed by atoms with Gasteiger partial charge in [0.15, 0.2) is 12.2 Å². The summed E-state index contributed by atoms with van der Waals surface area (Å²) in [7, 11) is 0. The minimum atomic E-state index is -1.87. The van der Waals surface area contributed by atoms with Crippen molar-refractivity contribution in [3.8, 4) is 0 Å². The number of carbonyl (C=O) groups is 2. The van der Waals surface area contributed by atoms with Gasteiger partial charge in [-0.05, 0) is 45.3 Å². The van der Waals surface area contributed by atoms with Crippen LogP contribution in [0.1, 0.15) is 117 Å². The quantitative estimate of drug-likeness (QED) is 0.177. The summed E-state index contributed by atoms with van der Waals surface area (Å²) in [5, 5.41) is 20.0. The molecule has 202 valence electrons. The maximum Gasteiger partial charge on any atom is 0.254 e. The zero-order chi connectivity index (χ0) is 25.6. The van der Waals surface area contributed by atoms with Gasteiger partial charge < -0.3 is 25.7 Å². The van der Waals surface area contributed by atoms with E-state index < -0.39 is 24.0 Å². The third kappa shape index (κ3) is 16.4. The number of hydrogen-bond donors (Lipinski definition) is 3. The Hall–Kier alpha value is -1.18. The highest BCUT2D eigenvalue weighted by Crippen LogP contribution is 2.12. The van der Waals surface area contributed by atoms with Crippen LogP contribution in [0.15, 0.2) is 0 Å². The Morgan fingerprint density at radius 2 is 1.00 bits per heavy atom. The number of primary amides is 1. The number of carbonyl (C=O) groups excluding carboxylic acids is 2. The molecule has 0 fully saturated rings. The lowest BCUT2D eigenvalue weighted by atomic mass is 10.1. The van der Waals surface area contributed by atoms with Crippen LogP contribution in [0, 0.1) is 0 Å². The molecule has 7 nitrogen and oxygen atoms in total. The van der Waals surface area contributed by atoms with E-state index in [0.717, 1.165) is 71.0 Å². The minimum absolute atomic E-state index is 0.507. The first kappa shape index (κ1) is 32.8. The SMILES string of the molecule is CCCCCCCCCCCCN(CCCN(CCCC)CCCC)C(=O)C(O)C(O)C(N)=O. The molecule has 0 saturated carbocycles. The molecule has 0 radical (unpaired) electrons. The van der Waals surface area contributed by atoms with Crippen molar-refractivity contribution in [2.45, 2.75) is 129 Å². The first-order chi connectivity index (χ1) is 16.4. The molecule has 0 spiro atoms. The summed E-state index contributed by atoms with van der Waals surface area (Å²) in [6.07, 6.45) is 13.8. The monoisotopic (exact) mass is 485 g/mol. The van der Waals surface area contributed by atoms with Gasteiger partial charge in [-0.3, -0.25) is 9.59 Å². The number of aliphatic hydroxyl groups is 2. The van der Waals surface area contributed by atoms with E-state index in [1.807, 2.05) is 0 Å². The number of nitrogens with two attached hydrogens (primary N) is 1. The van der Waals surface area contributed by atoms with Crippen LogP contribution in [0.25, 0.3) is 0 Å². The van der Waals surface area contributed by atoms with Gasteiger partial charge in [0.2, 0.25) is 5.91 Å². The zero-order valence-corrected chi connectivity index (χ0v) is 22.5. The molecule has 7 heteroatoms. The van der Waals surface area contributed by atoms with E-state index >= 15 is 0 Å². The summed E-state index contributed by atoms with van der Waals surface area (Å²) in [6, 6.07) is 0. The Kier molecular flexibility index (Phi) is 21.5. The van der Waals surface area contributed by atoms with E-state index in [2.05, 4.69) is 25.7 Å². The fraction of sp³-hybridized carbons (Fsp3) is 0.926. The van der Waals surface area contributed by atoms with Gasteiger partial charge in [-0.25, -0.2) is 0 Å². The molecule has 0 aromatic rings. The second-order valence-corrected chi connectivity index (χ2v) is 9.70. The van der Waals surface area contributed by atoms with Crippen molar-refractivity contribution in [1.82, 2.24) is 9.80 Å². The van der Waals surface area contributed by atoms with Crippen molar-refractivity contribution in [2.24, 2.45) is 5.73 Å². The molecular weight excluding hydrogens is 430 g/mol. The predicted octanol–water partition coefficient (Wildman–Crippen LogP) is 4.24. The molecule has 0 bridgehead atoms. The standard InChI is InChI=1S/C27H55N3O4/c1-4-7-10-11-12-13-14-15-16-17-22-30(27(34)25(32)24(31)26(28)33)23-18-21-29(19-8-5-2)20-9-6-3/h24-25,31-32H,4-23H2,1-3H3,(H2,28,33). The molecule has 0 aliphatic rings. The fourth-order valence-corrected chi connectivity index (χ4v) is 4.18. The van der Waals surface area contributed by atoms with Crippen LogP contribution < -0.4 is 5.73 Å². The maximum absolute atomic E-state index is 12.8. The number of rotatable bonds is 24. The van der Waals surface area contributed by atoms with Crippen LogP contribution in [-0.2, 0) is 9.59 Å². The Morgan fingerprint density at radius 3 is 1.47 bits per heavy atom. The van der Waals surface area contributed by atoms with Crippen LogP contribution in [0.5, 0.6) is 0 Å². The lowest BCUT2D eigenvalue weighted by molar-refractivity contribution is -0.152. The summed E-state index contributed by atoms with van der Waals surface area (Å²) < 4.78 is 0. The molecule has 2 amide bonds. The molecular formula is C27H55N3O4. The van der Waals surface area contributed by atoms with E-state index in [1.54, 1.807) is 4.90 Å². The van der Waals surface area contributed by atoms with Gasteiger partial charge in [0.05, 0.1) is 0 Å². The van der Waals surface area contributed by atoms with Crippen molar-refractivity contribution in [1.29, 1.82) is 0 Å². The highest BCUT2D eigenvalue weighted by molar-refractivity contribution is 5.89. The minimum Gasteiger partial charge on any atom is -0.380 e. The average molecular weight is 486 g/mol. The molecule has 0 aliphatic heterocycles. The van der Waals surface area contributed by atoms with Gasteiger partial charge in [-0.15, -0.1) is 0 Å². The van der Waals surface area contributed by atoms with Crippen molar-refractivity contribution in [2.75, 3.05) is 32.7 Å². The Bertz CT molecular complexity index is 496. The van der Waals surface area contributed by atoms with Gasteiger partial charge in [-0.1, -0.05) is 91.4 Å². The van der Waals surface area contributed by atoms with Crippen molar-refractivity contribution in [3.63, 3.8) is 0 Å². The molecule has 0 rings (SSSR count). The van der Waals surface area contributed by atoms with Crippen LogP contribution in [0.2, 0.25) is 0 Å². The molecule has 0 aliphatic carbocycles. The van der Waals surface area contributed by atoms with E-state index in [-0.39, 0.29) is 0 Å². The Morgan fingerprint density at radius 1 is 0.588 bits per heavy atom. The third-order valence-electron chi connectivity index (χ3n) is 6.50. The molecule has 0 saturated heterocycles. The smallest absolute Gasteiger partial charge is 0.254 e. The highest BCUT2D eigenvalue weighted by Gasteiger charge is 2.31. The van der Waals surface area contributed by atoms with Crippen molar-refractivity contribution >= 4 is 11.8 Å². The lowest BCUT2D eigenvalue weighted by Gasteiger charge is -2.28. The first-order valence-corrected chi connectivity index (χ1v) is 14.1. The van der Waals surface area contributed by atoms with Gasteiger partial charge in [0, 0.05) is 13.1 Å². The van der Waals surface area contributed by atoms with Gasteiger partial charge in [0.25, 0.3) is 5.91 Å². The van der Waals surface area contributed by atoms with Crippen LogP contribution in [-0.4, -0.2) is 76.8 Å². The number of nitrogens with zero attached hydrogens (tertiary/aromatic N) is 2. The third-order valence-corrected chi connectivity index (χ3v) is 6.50.